The first-order valence-corrected chi connectivity index (χ1v) is 6.58. The second-order valence-corrected chi connectivity index (χ2v) is 4.23. The molecule has 20 heavy (non-hydrogen) atoms. The predicted octanol–water partition coefficient (Wildman–Crippen LogP) is 2.27. The van der Waals surface area contributed by atoms with Crippen molar-refractivity contribution in [2.24, 2.45) is 5.84 Å². The van der Waals surface area contributed by atoms with Crippen LogP contribution in [0.3, 0.4) is 0 Å². The van der Waals surface area contributed by atoms with Gasteiger partial charge in [-0.05, 0) is 49.4 Å². The van der Waals surface area contributed by atoms with Gasteiger partial charge in [-0.1, -0.05) is 0 Å². The Labute approximate surface area is 118 Å². The summed E-state index contributed by atoms with van der Waals surface area (Å²) in [6.45, 7) is 2.56. The molecule has 5 N–H and O–H groups in total. The minimum absolute atomic E-state index is 0.225. The summed E-state index contributed by atoms with van der Waals surface area (Å²) in [7, 11) is 0. The molecule has 5 heteroatoms. The van der Waals surface area contributed by atoms with Crippen molar-refractivity contribution in [1.29, 1.82) is 0 Å². The molecule has 5 nitrogen and oxygen atoms in total. The van der Waals surface area contributed by atoms with Gasteiger partial charge in [-0.25, -0.2) is 0 Å². The van der Waals surface area contributed by atoms with E-state index < -0.39 is 0 Å². The molecule has 0 aliphatic heterocycles. The van der Waals surface area contributed by atoms with E-state index in [1.807, 2.05) is 61.8 Å². The quantitative estimate of drug-likeness (QED) is 0.461. The summed E-state index contributed by atoms with van der Waals surface area (Å²) in [6, 6.07) is 7.84. The molecular weight excluding hydrogens is 252 g/mol. The number of hydrogen-bond acceptors (Lipinski definition) is 3. The van der Waals surface area contributed by atoms with Crippen LogP contribution in [0.4, 0.5) is 0 Å². The Kier molecular flexibility index (Phi) is 5.23. The normalized spacial score (nSPS) is 13.8. The summed E-state index contributed by atoms with van der Waals surface area (Å²) in [4.78, 5) is 6.23. The second kappa shape index (κ2) is 7.37. The van der Waals surface area contributed by atoms with Crippen molar-refractivity contribution in [3.63, 3.8) is 0 Å². The third-order valence-electron chi connectivity index (χ3n) is 2.83. The largest absolute Gasteiger partial charge is 0.368 e. The lowest BCUT2D eigenvalue weighted by Gasteiger charge is -2.16. The first-order chi connectivity index (χ1) is 9.83. The zero-order valence-electron chi connectivity index (χ0n) is 11.5. The van der Waals surface area contributed by atoms with E-state index in [1.54, 1.807) is 0 Å². The van der Waals surface area contributed by atoms with Gasteiger partial charge in [0.25, 0.3) is 0 Å². The monoisotopic (exact) mass is 272 g/mol. The van der Waals surface area contributed by atoms with Crippen molar-refractivity contribution in [1.82, 2.24) is 15.4 Å². The zero-order valence-corrected chi connectivity index (χ0v) is 11.5. The zero-order chi connectivity index (χ0) is 14.2. The van der Waals surface area contributed by atoms with Crippen LogP contribution < -0.4 is 11.3 Å². The summed E-state index contributed by atoms with van der Waals surface area (Å²) >= 11 is 0. The molecule has 1 unspecified atom stereocenters. The van der Waals surface area contributed by atoms with Crippen molar-refractivity contribution in [3.8, 4) is 0 Å². The molecule has 1 atom stereocenters. The van der Waals surface area contributed by atoms with Gasteiger partial charge in [0.15, 0.2) is 0 Å². The fourth-order valence-corrected chi connectivity index (χ4v) is 1.87. The lowest BCUT2D eigenvalue weighted by atomic mass is 10.2. The molecule has 0 aromatic carbocycles. The van der Waals surface area contributed by atoms with E-state index in [9.17, 15) is 0 Å². The Hall–Kier alpha value is -2.24. The second-order valence-electron chi connectivity index (χ2n) is 4.23. The fraction of sp³-hybridized carbons (Fsp3) is 0.200. The first-order valence-electron chi connectivity index (χ1n) is 6.58. The number of rotatable bonds is 7. The average Bonchev–Trinajstić information content (AvgIpc) is 3.14. The molecule has 0 radical (unpaired) electrons. The topological polar surface area (TPSA) is 78.9 Å². The van der Waals surface area contributed by atoms with E-state index in [0.29, 0.717) is 6.61 Å². The van der Waals surface area contributed by atoms with Gasteiger partial charge in [0.1, 0.15) is 6.10 Å². The van der Waals surface area contributed by atoms with E-state index in [1.165, 1.54) is 0 Å². The average molecular weight is 272 g/mol. The first kappa shape index (κ1) is 14.2. The Bertz CT molecular complexity index is 540. The Balaban J connectivity index is 2.17. The van der Waals surface area contributed by atoms with Gasteiger partial charge >= 0.3 is 0 Å². The summed E-state index contributed by atoms with van der Waals surface area (Å²) < 4.78 is 5.72. The lowest BCUT2D eigenvalue weighted by Crippen LogP contribution is -2.30. The van der Waals surface area contributed by atoms with Crippen LogP contribution >= 0.6 is 0 Å². The van der Waals surface area contributed by atoms with E-state index in [2.05, 4.69) is 15.4 Å². The van der Waals surface area contributed by atoms with Crippen LogP contribution in [0.2, 0.25) is 0 Å². The third-order valence-corrected chi connectivity index (χ3v) is 2.83. The van der Waals surface area contributed by atoms with Crippen molar-refractivity contribution < 1.29 is 4.74 Å². The van der Waals surface area contributed by atoms with Gasteiger partial charge in [-0.3, -0.25) is 5.84 Å². The minimum Gasteiger partial charge on any atom is -0.368 e. The molecule has 0 saturated carbocycles. The number of nitrogens with one attached hydrogen (secondary N) is 3. The van der Waals surface area contributed by atoms with Crippen LogP contribution in [-0.4, -0.2) is 22.7 Å². The Morgan fingerprint density at radius 2 is 2.00 bits per heavy atom. The van der Waals surface area contributed by atoms with Crippen molar-refractivity contribution in [3.05, 3.63) is 59.8 Å². The minimum atomic E-state index is -0.225. The molecule has 106 valence electrons. The summed E-state index contributed by atoms with van der Waals surface area (Å²) in [6.07, 6.45) is 9.39. The van der Waals surface area contributed by atoms with Crippen molar-refractivity contribution in [2.45, 2.75) is 13.0 Å². The molecular formula is C15H20N4O. The number of aromatic amines is 2. The van der Waals surface area contributed by atoms with E-state index in [4.69, 9.17) is 10.6 Å². The highest BCUT2D eigenvalue weighted by molar-refractivity contribution is 5.53. The van der Waals surface area contributed by atoms with Crippen LogP contribution in [0.25, 0.3) is 12.2 Å². The molecule has 0 aliphatic carbocycles. The van der Waals surface area contributed by atoms with Gasteiger partial charge in [0.05, 0.1) is 5.70 Å². The molecule has 2 aromatic rings. The van der Waals surface area contributed by atoms with Crippen LogP contribution in [0.1, 0.15) is 18.3 Å². The van der Waals surface area contributed by atoms with Crippen molar-refractivity contribution in [2.75, 3.05) is 6.61 Å². The molecule has 0 aliphatic rings. The van der Waals surface area contributed by atoms with E-state index in [-0.39, 0.29) is 6.10 Å². The van der Waals surface area contributed by atoms with Crippen LogP contribution in [0.5, 0.6) is 0 Å². The summed E-state index contributed by atoms with van der Waals surface area (Å²) in [5, 5.41) is 0. The highest BCUT2D eigenvalue weighted by Crippen LogP contribution is 2.11. The lowest BCUT2D eigenvalue weighted by molar-refractivity contribution is 0.117. The molecule has 2 heterocycles. The molecule has 0 bridgehead atoms. The maximum atomic E-state index is 5.72. The molecule has 0 fully saturated rings. The van der Waals surface area contributed by atoms with Gasteiger partial charge in [0.2, 0.25) is 0 Å². The van der Waals surface area contributed by atoms with Gasteiger partial charge in [-0.2, -0.15) is 0 Å². The number of hydrogen-bond donors (Lipinski definition) is 4. The highest BCUT2D eigenvalue weighted by Gasteiger charge is 2.10. The molecule has 0 amide bonds. The third kappa shape index (κ3) is 3.88. The molecule has 2 rings (SSSR count). The van der Waals surface area contributed by atoms with Crippen molar-refractivity contribution >= 4 is 12.2 Å². The summed E-state index contributed by atoms with van der Waals surface area (Å²) in [5.74, 6) is 5.62. The summed E-state index contributed by atoms with van der Waals surface area (Å²) in [5.41, 5.74) is 5.49. The number of H-pyrrole nitrogens is 2. The maximum absolute atomic E-state index is 5.72. The number of aromatic nitrogens is 2. The van der Waals surface area contributed by atoms with E-state index in [0.717, 1.165) is 17.1 Å². The van der Waals surface area contributed by atoms with Gasteiger partial charge in [0, 0.05) is 30.4 Å². The van der Waals surface area contributed by atoms with E-state index >= 15 is 0 Å². The smallest absolute Gasteiger partial charge is 0.117 e. The van der Waals surface area contributed by atoms with Gasteiger partial charge in [-0.15, -0.1) is 0 Å². The number of hydrazine groups is 1. The molecule has 2 aromatic heterocycles. The Morgan fingerprint density at radius 3 is 2.55 bits per heavy atom. The molecule has 0 spiro atoms. The highest BCUT2D eigenvalue weighted by atomic mass is 16.5. The maximum Gasteiger partial charge on any atom is 0.117 e. The standard InChI is InChI=1S/C15H20N4O/c1-2-20-15(8-7-12-5-3-9-17-12)14(19-16)11-13-6-4-10-18-13/h3-11,15,17-19H,2,16H2,1H3. The number of ether oxygens (including phenoxy) is 1. The predicted molar refractivity (Wildman–Crippen MR) is 81.3 cm³/mol. The van der Waals surface area contributed by atoms with Crippen LogP contribution in [0.15, 0.2) is 48.4 Å². The fourth-order valence-electron chi connectivity index (χ4n) is 1.87. The molecule has 0 saturated heterocycles. The number of nitrogens with two attached hydrogens (primary N) is 1. The Morgan fingerprint density at radius 1 is 1.30 bits per heavy atom. The SMILES string of the molecule is CCOC(C=Cc1ccc[nH]1)C(=Cc1ccc[nH]1)NN. The van der Waals surface area contributed by atoms with Crippen LogP contribution in [0, 0.1) is 0 Å². The van der Waals surface area contributed by atoms with Gasteiger partial charge < -0.3 is 20.1 Å². The van der Waals surface area contributed by atoms with Crippen LogP contribution in [-0.2, 0) is 4.74 Å².